The van der Waals surface area contributed by atoms with Crippen molar-refractivity contribution in [2.45, 2.75) is 37.8 Å². The molecule has 0 amide bonds. The molecule has 1 heterocycles. The predicted octanol–water partition coefficient (Wildman–Crippen LogP) is 4.16. The van der Waals surface area contributed by atoms with Crippen molar-refractivity contribution in [3.8, 4) is 0 Å². The Kier molecular flexibility index (Phi) is 10.3. The summed E-state index contributed by atoms with van der Waals surface area (Å²) >= 11 is 1.67. The van der Waals surface area contributed by atoms with E-state index in [9.17, 15) is 9.59 Å². The quantitative estimate of drug-likeness (QED) is 0.191. The highest BCUT2D eigenvalue weighted by atomic mass is 32.2. The van der Waals surface area contributed by atoms with E-state index in [0.717, 1.165) is 34.8 Å². The van der Waals surface area contributed by atoms with E-state index in [0.29, 0.717) is 25.4 Å². The molecule has 8 nitrogen and oxygen atoms in total. The van der Waals surface area contributed by atoms with Gasteiger partial charge in [0, 0.05) is 23.5 Å². The maximum absolute atomic E-state index is 12.3. The first-order valence-corrected chi connectivity index (χ1v) is 13.2. The predicted molar refractivity (Wildman–Crippen MR) is 139 cm³/mol. The standard InChI is InChI=1S/C27H34N2O6S/c1-5-33-26(31)22-8-6-20(7-9-22)18-34-24(30)19-35-28-25(21-10-12-23(36-4)13-11-21)27(2,3)29-14-16-32-17-15-29/h6-13H,5,14-19H2,1-4H3. The van der Waals surface area contributed by atoms with Crippen molar-refractivity contribution in [1.82, 2.24) is 4.90 Å². The third-order valence-electron chi connectivity index (χ3n) is 5.95. The minimum Gasteiger partial charge on any atom is -0.462 e. The maximum atomic E-state index is 12.3. The molecule has 0 radical (unpaired) electrons. The van der Waals surface area contributed by atoms with Gasteiger partial charge < -0.3 is 19.0 Å². The van der Waals surface area contributed by atoms with Crippen LogP contribution in [0.4, 0.5) is 0 Å². The normalized spacial score (nSPS) is 14.8. The van der Waals surface area contributed by atoms with Crippen LogP contribution in [0.3, 0.4) is 0 Å². The van der Waals surface area contributed by atoms with Gasteiger partial charge in [0.05, 0.1) is 30.9 Å². The number of esters is 2. The highest BCUT2D eigenvalue weighted by Gasteiger charge is 2.35. The van der Waals surface area contributed by atoms with Gasteiger partial charge in [-0.1, -0.05) is 29.4 Å². The summed E-state index contributed by atoms with van der Waals surface area (Å²) in [5.74, 6) is -0.916. The first kappa shape index (κ1) is 27.7. The molecule has 2 aromatic rings. The van der Waals surface area contributed by atoms with Gasteiger partial charge in [0.25, 0.3) is 0 Å². The number of benzene rings is 2. The molecule has 3 rings (SSSR count). The van der Waals surface area contributed by atoms with Crippen molar-refractivity contribution in [3.05, 3.63) is 65.2 Å². The number of carbonyl (C=O) groups excluding carboxylic acids is 2. The minimum atomic E-state index is -0.533. The van der Waals surface area contributed by atoms with Crippen LogP contribution in [0.1, 0.15) is 42.3 Å². The number of morpholine rings is 1. The van der Waals surface area contributed by atoms with E-state index in [2.05, 4.69) is 23.9 Å². The first-order chi connectivity index (χ1) is 17.3. The van der Waals surface area contributed by atoms with E-state index in [-0.39, 0.29) is 19.2 Å². The Morgan fingerprint density at radius 1 is 1.00 bits per heavy atom. The second-order valence-corrected chi connectivity index (χ2v) is 9.56. The lowest BCUT2D eigenvalue weighted by atomic mass is 9.90. The van der Waals surface area contributed by atoms with Crippen molar-refractivity contribution in [2.75, 3.05) is 45.8 Å². The lowest BCUT2D eigenvalue weighted by Gasteiger charge is -2.41. The molecular formula is C27H34N2O6S. The van der Waals surface area contributed by atoms with E-state index in [1.807, 2.05) is 30.5 Å². The van der Waals surface area contributed by atoms with Gasteiger partial charge in [-0.15, -0.1) is 11.8 Å². The van der Waals surface area contributed by atoms with Gasteiger partial charge in [0.2, 0.25) is 6.61 Å². The summed E-state index contributed by atoms with van der Waals surface area (Å²) in [5, 5.41) is 4.41. The van der Waals surface area contributed by atoms with Crippen LogP contribution in [0, 0.1) is 0 Å². The molecule has 0 aromatic heterocycles. The van der Waals surface area contributed by atoms with E-state index < -0.39 is 11.5 Å². The van der Waals surface area contributed by atoms with Crippen LogP contribution in [0.15, 0.2) is 58.6 Å². The number of nitrogens with zero attached hydrogens (tertiary/aromatic N) is 2. The smallest absolute Gasteiger partial charge is 0.347 e. The summed E-state index contributed by atoms with van der Waals surface area (Å²) in [7, 11) is 0. The summed E-state index contributed by atoms with van der Waals surface area (Å²) in [6, 6.07) is 14.9. The van der Waals surface area contributed by atoms with Crippen molar-refractivity contribution < 1.29 is 28.6 Å². The number of oxime groups is 1. The Bertz CT molecular complexity index is 1030. The van der Waals surface area contributed by atoms with Crippen LogP contribution < -0.4 is 0 Å². The second kappa shape index (κ2) is 13.4. The van der Waals surface area contributed by atoms with Crippen LogP contribution in [-0.4, -0.2) is 73.9 Å². The molecule has 9 heteroatoms. The highest BCUT2D eigenvalue weighted by molar-refractivity contribution is 7.98. The molecule has 0 unspecified atom stereocenters. The monoisotopic (exact) mass is 514 g/mol. The first-order valence-electron chi connectivity index (χ1n) is 11.9. The van der Waals surface area contributed by atoms with Crippen LogP contribution in [0.5, 0.6) is 0 Å². The molecule has 0 bridgehead atoms. The third kappa shape index (κ3) is 7.56. The van der Waals surface area contributed by atoms with Gasteiger partial charge in [0.1, 0.15) is 12.3 Å². The van der Waals surface area contributed by atoms with Gasteiger partial charge in [-0.3, -0.25) is 4.90 Å². The minimum absolute atomic E-state index is 0.0668. The maximum Gasteiger partial charge on any atom is 0.347 e. The molecule has 0 saturated carbocycles. The van der Waals surface area contributed by atoms with E-state index >= 15 is 0 Å². The molecule has 36 heavy (non-hydrogen) atoms. The number of hydrogen-bond acceptors (Lipinski definition) is 9. The van der Waals surface area contributed by atoms with Gasteiger partial charge >= 0.3 is 11.9 Å². The third-order valence-corrected chi connectivity index (χ3v) is 6.69. The van der Waals surface area contributed by atoms with Crippen LogP contribution in [0.25, 0.3) is 0 Å². The topological polar surface area (TPSA) is 86.7 Å². The molecule has 194 valence electrons. The second-order valence-electron chi connectivity index (χ2n) is 8.68. The van der Waals surface area contributed by atoms with Crippen LogP contribution >= 0.6 is 11.8 Å². The fourth-order valence-electron chi connectivity index (χ4n) is 3.85. The number of hydrogen-bond donors (Lipinski definition) is 0. The van der Waals surface area contributed by atoms with E-state index in [4.69, 9.17) is 19.0 Å². The van der Waals surface area contributed by atoms with Gasteiger partial charge in [-0.25, -0.2) is 9.59 Å². The van der Waals surface area contributed by atoms with Crippen molar-refractivity contribution in [1.29, 1.82) is 0 Å². The molecule has 0 aliphatic carbocycles. The van der Waals surface area contributed by atoms with Gasteiger partial charge in [-0.2, -0.15) is 0 Å². The number of rotatable bonds is 11. The Labute approximate surface area is 216 Å². The zero-order valence-corrected chi connectivity index (χ0v) is 22.1. The Morgan fingerprint density at radius 2 is 1.64 bits per heavy atom. The fourth-order valence-corrected chi connectivity index (χ4v) is 4.25. The Hall–Kier alpha value is -2.88. The average molecular weight is 515 g/mol. The van der Waals surface area contributed by atoms with Crippen molar-refractivity contribution >= 4 is 29.4 Å². The molecule has 1 saturated heterocycles. The zero-order valence-electron chi connectivity index (χ0n) is 21.3. The van der Waals surface area contributed by atoms with E-state index in [1.54, 1.807) is 43.0 Å². The lowest BCUT2D eigenvalue weighted by molar-refractivity contribution is -0.150. The molecule has 1 fully saturated rings. The van der Waals surface area contributed by atoms with Crippen LogP contribution in [0.2, 0.25) is 0 Å². The SMILES string of the molecule is CCOC(=O)c1ccc(COC(=O)CON=C(c2ccc(SC)cc2)C(C)(C)N2CCOCC2)cc1. The van der Waals surface area contributed by atoms with Crippen molar-refractivity contribution in [3.63, 3.8) is 0 Å². The van der Waals surface area contributed by atoms with Gasteiger partial charge in [-0.05, 0) is 56.9 Å². The highest BCUT2D eigenvalue weighted by Crippen LogP contribution is 2.25. The molecule has 0 N–H and O–H groups in total. The van der Waals surface area contributed by atoms with E-state index in [1.165, 1.54) is 0 Å². The number of ether oxygens (including phenoxy) is 3. The largest absolute Gasteiger partial charge is 0.462 e. The van der Waals surface area contributed by atoms with Gasteiger partial charge in [0.15, 0.2) is 0 Å². The molecule has 1 aliphatic heterocycles. The summed E-state index contributed by atoms with van der Waals surface area (Å²) in [4.78, 5) is 33.0. The fraction of sp³-hybridized carbons (Fsp3) is 0.444. The summed E-state index contributed by atoms with van der Waals surface area (Å²) in [5.41, 5.74) is 2.43. The molecule has 0 spiro atoms. The Morgan fingerprint density at radius 3 is 2.25 bits per heavy atom. The summed E-state index contributed by atoms with van der Waals surface area (Å²) in [6.45, 7) is 8.91. The molecular weight excluding hydrogens is 480 g/mol. The number of thioether (sulfide) groups is 1. The molecule has 2 aromatic carbocycles. The summed E-state index contributed by atoms with van der Waals surface area (Å²) < 4.78 is 15.8. The van der Waals surface area contributed by atoms with Crippen LogP contribution in [-0.2, 0) is 30.4 Å². The number of carbonyl (C=O) groups is 2. The lowest BCUT2D eigenvalue weighted by Crippen LogP contribution is -2.54. The average Bonchev–Trinajstić information content (AvgIpc) is 2.91. The Balaban J connectivity index is 1.63. The molecule has 1 aliphatic rings. The summed E-state index contributed by atoms with van der Waals surface area (Å²) in [6.07, 6.45) is 2.03. The van der Waals surface area contributed by atoms with Crippen molar-refractivity contribution in [2.24, 2.45) is 5.16 Å². The molecule has 0 atom stereocenters. The zero-order chi connectivity index (χ0) is 26.0.